The average Bonchev–Trinajstić information content (AvgIpc) is 1.50. The minimum atomic E-state index is 0. The lowest BCUT2D eigenvalue weighted by atomic mass is 10.8. The van der Waals surface area contributed by atoms with E-state index in [4.69, 9.17) is 0 Å². The SMILES string of the molecule is BCl.BCl.S. The average molecular weight is 131 g/mol. The van der Waals surface area contributed by atoms with Crippen LogP contribution in [0.5, 0.6) is 0 Å². The monoisotopic (exact) mass is 130 g/mol. The van der Waals surface area contributed by atoms with Gasteiger partial charge in [0.05, 0.1) is 0 Å². The molecule has 0 saturated carbocycles. The lowest BCUT2D eigenvalue weighted by molar-refractivity contribution is 4.80. The van der Waals surface area contributed by atoms with E-state index >= 15 is 0 Å². The van der Waals surface area contributed by atoms with E-state index < -0.39 is 0 Å². The van der Waals surface area contributed by atoms with Gasteiger partial charge in [-0.05, 0) is 0 Å². The standard InChI is InChI=1S/2BClH2.H2S/c2*1-2;/h2*1H2;1H2. The van der Waals surface area contributed by atoms with Crippen molar-refractivity contribution in [1.82, 2.24) is 0 Å². The van der Waals surface area contributed by atoms with Crippen LogP contribution in [0.25, 0.3) is 0 Å². The van der Waals surface area contributed by atoms with Crippen LogP contribution in [0.1, 0.15) is 0 Å². The van der Waals surface area contributed by atoms with Gasteiger partial charge in [0.1, 0.15) is 0 Å². The molecular formula is H6B2Cl2S. The highest BCUT2D eigenvalue weighted by molar-refractivity contribution is 7.59. The maximum Gasteiger partial charge on any atom is 0.215 e. The van der Waals surface area contributed by atoms with E-state index in [-0.39, 0.29) is 13.5 Å². The third-order valence-corrected chi connectivity index (χ3v) is 0. The molecule has 0 unspecified atom stereocenters. The van der Waals surface area contributed by atoms with Gasteiger partial charge in [-0.2, -0.15) is 13.5 Å². The Morgan fingerprint density at radius 3 is 0.800 bits per heavy atom. The van der Waals surface area contributed by atoms with Crippen LogP contribution >= 0.6 is 36.4 Å². The van der Waals surface area contributed by atoms with Gasteiger partial charge in [-0.15, -0.1) is 0 Å². The predicted molar refractivity (Wildman–Crippen MR) is 39.2 cm³/mol. The molecule has 0 spiro atoms. The second-order valence-electron chi connectivity index (χ2n) is 0. The highest BCUT2D eigenvalue weighted by Gasteiger charge is 1.03. The highest BCUT2D eigenvalue weighted by atomic mass is 35.5. The molecule has 0 heterocycles. The summed E-state index contributed by atoms with van der Waals surface area (Å²) in [6, 6.07) is 0. The van der Waals surface area contributed by atoms with Gasteiger partial charge >= 0.3 is 0 Å². The Hall–Kier alpha value is 1.06. The Labute approximate surface area is 51.3 Å². The largest absolute Gasteiger partial charge is 0.215 e. The molecule has 5 heteroatoms. The summed E-state index contributed by atoms with van der Waals surface area (Å²) in [6.07, 6.45) is 0. The first-order valence-corrected chi connectivity index (χ1v) is 2.27. The summed E-state index contributed by atoms with van der Waals surface area (Å²) in [5.74, 6) is 0. The molecule has 0 N–H and O–H groups in total. The fraction of sp³-hybridized carbons (Fsp3) is 0. The first-order chi connectivity index (χ1) is 2.00. The summed E-state index contributed by atoms with van der Waals surface area (Å²) >= 11 is 9.28. The van der Waals surface area contributed by atoms with Crippen molar-refractivity contribution >= 4 is 50.9 Å². The van der Waals surface area contributed by atoms with Crippen LogP contribution in [0, 0.1) is 0 Å². The minimum Gasteiger partial charge on any atom is -0.206 e. The van der Waals surface area contributed by atoms with Crippen molar-refractivity contribution in [3.05, 3.63) is 0 Å². The first-order valence-electron chi connectivity index (χ1n) is 0.756. The zero-order valence-corrected chi connectivity index (χ0v) is 5.77. The number of hydrogen-bond acceptors (Lipinski definition) is 0. The van der Waals surface area contributed by atoms with Gasteiger partial charge in [-0.25, -0.2) is 22.9 Å². The molecule has 0 atom stereocenters. The second kappa shape index (κ2) is 74.2. The number of halogens is 2. The van der Waals surface area contributed by atoms with Crippen molar-refractivity contribution in [2.24, 2.45) is 0 Å². The molecule has 0 radical (unpaired) electrons. The lowest BCUT2D eigenvalue weighted by Crippen LogP contribution is -0.980. The summed E-state index contributed by atoms with van der Waals surface area (Å²) < 4.78 is 0. The summed E-state index contributed by atoms with van der Waals surface area (Å²) in [7, 11) is 2.94. The molecule has 0 saturated heterocycles. The van der Waals surface area contributed by atoms with Crippen LogP contribution in [0.3, 0.4) is 0 Å². The fourth-order valence-electron chi connectivity index (χ4n) is 0. The van der Waals surface area contributed by atoms with E-state index in [1.54, 1.807) is 0 Å². The van der Waals surface area contributed by atoms with Crippen LogP contribution in [0.2, 0.25) is 0 Å². The Morgan fingerprint density at radius 1 is 0.800 bits per heavy atom. The normalized spacial score (nSPS) is 2.00. The van der Waals surface area contributed by atoms with Gasteiger partial charge < -0.3 is 0 Å². The summed E-state index contributed by atoms with van der Waals surface area (Å²) in [4.78, 5) is 0. The van der Waals surface area contributed by atoms with Crippen LogP contribution in [-0.2, 0) is 0 Å². The quantitative estimate of drug-likeness (QED) is 0.394. The third kappa shape index (κ3) is 42.2. The van der Waals surface area contributed by atoms with Crippen molar-refractivity contribution < 1.29 is 0 Å². The van der Waals surface area contributed by atoms with E-state index in [9.17, 15) is 0 Å². The van der Waals surface area contributed by atoms with E-state index in [0.29, 0.717) is 0 Å². The Balaban J connectivity index is -0.0000000133. The second-order valence-corrected chi connectivity index (χ2v) is 0. The maximum absolute atomic E-state index is 4.64. The molecule has 5 heavy (non-hydrogen) atoms. The van der Waals surface area contributed by atoms with Crippen molar-refractivity contribution in [3.63, 3.8) is 0 Å². The third-order valence-electron chi connectivity index (χ3n) is 0. The molecule has 0 aromatic carbocycles. The molecule has 0 amide bonds. The van der Waals surface area contributed by atoms with Crippen molar-refractivity contribution in [2.75, 3.05) is 0 Å². The summed E-state index contributed by atoms with van der Waals surface area (Å²) in [6.45, 7) is 0. The molecule has 0 fully saturated rings. The maximum atomic E-state index is 4.64. The molecule has 0 nitrogen and oxygen atoms in total. The number of hydrogen-bond donors (Lipinski definition) is 0. The van der Waals surface area contributed by atoms with E-state index in [0.717, 1.165) is 0 Å². The zero-order valence-electron chi connectivity index (χ0n) is 3.26. The number of rotatable bonds is 0. The van der Waals surface area contributed by atoms with Crippen molar-refractivity contribution in [1.29, 1.82) is 0 Å². The van der Waals surface area contributed by atoms with Crippen molar-refractivity contribution in [2.45, 2.75) is 0 Å². The van der Waals surface area contributed by atoms with E-state index in [2.05, 4.69) is 22.9 Å². The first kappa shape index (κ1) is 16.6. The Bertz CT molecular complexity index is 7.61. The molecule has 0 aromatic heterocycles. The molecule has 0 aliphatic rings. The van der Waals surface area contributed by atoms with Crippen LogP contribution in [-0.4, -0.2) is 14.5 Å². The van der Waals surface area contributed by atoms with Gasteiger partial charge in [-0.1, -0.05) is 0 Å². The summed E-state index contributed by atoms with van der Waals surface area (Å²) in [5.41, 5.74) is 0. The Morgan fingerprint density at radius 2 is 0.800 bits per heavy atom. The topological polar surface area (TPSA) is 0 Å². The fourth-order valence-corrected chi connectivity index (χ4v) is 0. The molecule has 0 rings (SSSR count). The highest BCUT2D eigenvalue weighted by Crippen LogP contribution is 1.29. The van der Waals surface area contributed by atoms with E-state index in [1.807, 2.05) is 0 Å². The molecule has 0 aliphatic heterocycles. The van der Waals surface area contributed by atoms with Gasteiger partial charge in [0.2, 0.25) is 14.5 Å². The molecule has 0 bridgehead atoms. The van der Waals surface area contributed by atoms with E-state index in [1.165, 1.54) is 14.5 Å². The van der Waals surface area contributed by atoms with Gasteiger partial charge in [0.15, 0.2) is 0 Å². The Kier molecular flexibility index (Phi) is 246. The van der Waals surface area contributed by atoms with Crippen LogP contribution in [0.15, 0.2) is 0 Å². The van der Waals surface area contributed by atoms with Crippen LogP contribution in [0.4, 0.5) is 0 Å². The van der Waals surface area contributed by atoms with Gasteiger partial charge in [-0.3, -0.25) is 0 Å². The smallest absolute Gasteiger partial charge is 0.206 e. The lowest BCUT2D eigenvalue weighted by Gasteiger charge is -1.02. The predicted octanol–water partition coefficient (Wildman–Crippen LogP) is -0.341. The molecule has 0 aromatic rings. The zero-order chi connectivity index (χ0) is 4.00. The van der Waals surface area contributed by atoms with Crippen LogP contribution < -0.4 is 0 Å². The van der Waals surface area contributed by atoms with Gasteiger partial charge in [0, 0.05) is 0 Å². The molecule has 32 valence electrons. The summed E-state index contributed by atoms with van der Waals surface area (Å²) in [5, 5.41) is 0. The van der Waals surface area contributed by atoms with Crippen molar-refractivity contribution in [3.8, 4) is 0 Å². The molecule has 0 aliphatic carbocycles. The van der Waals surface area contributed by atoms with Gasteiger partial charge in [0.25, 0.3) is 0 Å². The minimum absolute atomic E-state index is 0. The molecular weight excluding hydrogens is 125 g/mol.